The summed E-state index contributed by atoms with van der Waals surface area (Å²) >= 11 is 14.2. The van der Waals surface area contributed by atoms with E-state index in [1.807, 2.05) is 60.7 Å². The molecule has 6 aromatic rings. The molecule has 0 saturated carbocycles. The van der Waals surface area contributed by atoms with Crippen LogP contribution in [0.5, 0.6) is 11.8 Å². The number of hydrogen-bond donors (Lipinski definition) is 4. The molecular weight excluding hydrogens is 713 g/mol. The van der Waals surface area contributed by atoms with E-state index in [1.54, 1.807) is 26.6 Å². The monoisotopic (exact) mass is 751 g/mol. The molecule has 1 aliphatic heterocycles. The number of benzene rings is 3. The number of halogens is 2. The Kier molecular flexibility index (Phi) is 11.4. The third-order valence-corrected chi connectivity index (χ3v) is 9.93. The molecule has 1 atom stereocenters. The number of aromatic amines is 1. The average molecular weight is 753 g/mol. The van der Waals surface area contributed by atoms with Gasteiger partial charge in [0.05, 0.1) is 59.1 Å². The molecule has 1 aliphatic rings. The van der Waals surface area contributed by atoms with Crippen LogP contribution in [0.4, 0.5) is 0 Å². The standard InChI is InChI=1S/C39H39Cl2N9O3/c1-52-38-32(19-42-17-7-14-34-47-28-12-3-4-13-29(28)48-34)44-21-30(49-38)26-10-5-8-24(36(26)40)25-9-6-11-27(37(25)41)31-22-45-33(39(50-31)53-2)20-43-18-23-15-16-35(51)46-23/h3-6,8-13,21-23,42-43H,7,14-20H2,1-2H3,(H,46,51)(H,47,48). The first kappa shape index (κ1) is 36.2. The zero-order chi connectivity index (χ0) is 36.7. The molecule has 14 heteroatoms. The Balaban J connectivity index is 1.03. The number of aryl methyl sites for hydroxylation is 1. The van der Waals surface area contributed by atoms with Crippen LogP contribution in [0.3, 0.4) is 0 Å². The summed E-state index contributed by atoms with van der Waals surface area (Å²) in [7, 11) is 3.14. The highest BCUT2D eigenvalue weighted by Crippen LogP contribution is 2.42. The first-order valence-electron chi connectivity index (χ1n) is 17.4. The predicted molar refractivity (Wildman–Crippen MR) is 206 cm³/mol. The zero-order valence-electron chi connectivity index (χ0n) is 29.4. The molecule has 0 bridgehead atoms. The number of H-pyrrole nitrogens is 1. The number of carbonyl (C=O) groups excluding carboxylic acids is 1. The van der Waals surface area contributed by atoms with E-state index >= 15 is 0 Å². The highest BCUT2D eigenvalue weighted by molar-refractivity contribution is 6.39. The molecule has 0 spiro atoms. The van der Waals surface area contributed by atoms with Gasteiger partial charge in [0.25, 0.3) is 0 Å². The summed E-state index contributed by atoms with van der Waals surface area (Å²) < 4.78 is 11.2. The van der Waals surface area contributed by atoms with E-state index in [0.717, 1.165) is 53.8 Å². The number of imidazole rings is 1. The lowest BCUT2D eigenvalue weighted by molar-refractivity contribution is -0.119. The van der Waals surface area contributed by atoms with Gasteiger partial charge in [-0.15, -0.1) is 0 Å². The van der Waals surface area contributed by atoms with Gasteiger partial charge in [0, 0.05) is 60.8 Å². The molecule has 1 fully saturated rings. The van der Waals surface area contributed by atoms with E-state index in [-0.39, 0.29) is 11.9 Å². The van der Waals surface area contributed by atoms with Crippen LogP contribution in [0.15, 0.2) is 73.1 Å². The smallest absolute Gasteiger partial charge is 0.237 e. The van der Waals surface area contributed by atoms with E-state index < -0.39 is 0 Å². The van der Waals surface area contributed by atoms with E-state index in [4.69, 9.17) is 42.6 Å². The first-order valence-corrected chi connectivity index (χ1v) is 18.2. The number of nitrogens with zero attached hydrogens (tertiary/aromatic N) is 5. The van der Waals surface area contributed by atoms with E-state index in [9.17, 15) is 4.79 Å². The van der Waals surface area contributed by atoms with Crippen LogP contribution in [0.25, 0.3) is 44.7 Å². The van der Waals surface area contributed by atoms with Gasteiger partial charge in [-0.3, -0.25) is 14.8 Å². The van der Waals surface area contributed by atoms with Gasteiger partial charge in [-0.1, -0.05) is 71.7 Å². The molecule has 1 unspecified atom stereocenters. The lowest BCUT2D eigenvalue weighted by Crippen LogP contribution is -2.35. The molecule has 1 saturated heterocycles. The predicted octanol–water partition coefficient (Wildman–Crippen LogP) is 6.56. The number of amides is 1. The van der Waals surface area contributed by atoms with Crippen LogP contribution >= 0.6 is 23.2 Å². The summed E-state index contributed by atoms with van der Waals surface area (Å²) in [5.41, 5.74) is 7.34. The van der Waals surface area contributed by atoms with Crippen molar-refractivity contribution in [3.05, 3.63) is 100 Å². The molecule has 7 rings (SSSR count). The van der Waals surface area contributed by atoms with Crippen LogP contribution in [0.2, 0.25) is 10.0 Å². The summed E-state index contributed by atoms with van der Waals surface area (Å²) in [5, 5.41) is 10.7. The topological polar surface area (TPSA) is 152 Å². The fourth-order valence-electron chi connectivity index (χ4n) is 6.41. The molecule has 0 radical (unpaired) electrons. The quantitative estimate of drug-likeness (QED) is 0.0850. The van der Waals surface area contributed by atoms with E-state index in [0.29, 0.717) is 81.8 Å². The Bertz CT molecular complexity index is 2210. The Hall–Kier alpha value is -5.14. The lowest BCUT2D eigenvalue weighted by Gasteiger charge is -2.15. The second-order valence-corrected chi connectivity index (χ2v) is 13.4. The molecule has 272 valence electrons. The van der Waals surface area contributed by atoms with Crippen molar-refractivity contribution >= 4 is 40.1 Å². The van der Waals surface area contributed by atoms with Crippen molar-refractivity contribution in [3.63, 3.8) is 0 Å². The summed E-state index contributed by atoms with van der Waals surface area (Å²) in [4.78, 5) is 38.4. The fraction of sp³-hybridized carbons (Fsp3) is 0.282. The summed E-state index contributed by atoms with van der Waals surface area (Å²) in [6.45, 7) is 2.35. The van der Waals surface area contributed by atoms with Crippen LogP contribution < -0.4 is 25.4 Å². The van der Waals surface area contributed by atoms with Gasteiger partial charge in [-0.05, 0) is 31.5 Å². The van der Waals surface area contributed by atoms with Crippen molar-refractivity contribution < 1.29 is 14.3 Å². The maximum absolute atomic E-state index is 11.5. The minimum Gasteiger partial charge on any atom is -0.480 e. The Labute approximate surface area is 317 Å². The molecular formula is C39H39Cl2N9O3. The summed E-state index contributed by atoms with van der Waals surface area (Å²) in [6, 6.07) is 19.6. The molecule has 4 heterocycles. The number of para-hydroxylation sites is 2. The molecule has 0 aliphatic carbocycles. The molecule has 53 heavy (non-hydrogen) atoms. The molecule has 12 nitrogen and oxygen atoms in total. The van der Waals surface area contributed by atoms with Crippen LogP contribution in [-0.2, 0) is 24.3 Å². The zero-order valence-corrected chi connectivity index (χ0v) is 30.9. The minimum atomic E-state index is 0.0835. The van der Waals surface area contributed by atoms with Crippen LogP contribution in [0, 0.1) is 0 Å². The Morgan fingerprint density at radius 1 is 0.774 bits per heavy atom. The summed E-state index contributed by atoms with van der Waals surface area (Å²) in [6.07, 6.45) is 6.50. The van der Waals surface area contributed by atoms with Crippen molar-refractivity contribution in [2.75, 3.05) is 27.3 Å². The number of nitrogens with one attached hydrogen (secondary N) is 4. The van der Waals surface area contributed by atoms with Gasteiger partial charge >= 0.3 is 0 Å². The van der Waals surface area contributed by atoms with Crippen molar-refractivity contribution in [2.45, 2.75) is 44.8 Å². The fourth-order valence-corrected chi connectivity index (χ4v) is 7.05. The number of carbonyl (C=O) groups is 1. The maximum Gasteiger partial charge on any atom is 0.237 e. The van der Waals surface area contributed by atoms with E-state index in [1.165, 1.54) is 0 Å². The molecule has 4 N–H and O–H groups in total. The van der Waals surface area contributed by atoms with Gasteiger partial charge < -0.3 is 30.4 Å². The van der Waals surface area contributed by atoms with Crippen LogP contribution in [-0.4, -0.2) is 69.2 Å². The number of methoxy groups -OCH3 is 2. The minimum absolute atomic E-state index is 0.0835. The maximum atomic E-state index is 11.5. The first-order chi connectivity index (χ1) is 25.9. The number of hydrogen-bond acceptors (Lipinski definition) is 10. The number of rotatable bonds is 15. The van der Waals surface area contributed by atoms with Crippen molar-refractivity contribution in [3.8, 4) is 45.4 Å². The number of fused-ring (bicyclic) bond motifs is 1. The number of ether oxygens (including phenoxy) is 2. The highest BCUT2D eigenvalue weighted by atomic mass is 35.5. The van der Waals surface area contributed by atoms with Gasteiger partial charge in [-0.2, -0.15) is 0 Å². The van der Waals surface area contributed by atoms with Gasteiger partial charge in [0.15, 0.2) is 0 Å². The van der Waals surface area contributed by atoms with Crippen molar-refractivity contribution in [1.29, 1.82) is 0 Å². The Morgan fingerprint density at radius 3 is 1.96 bits per heavy atom. The average Bonchev–Trinajstić information content (AvgIpc) is 3.80. The summed E-state index contributed by atoms with van der Waals surface area (Å²) in [5.74, 6) is 1.87. The van der Waals surface area contributed by atoms with Crippen LogP contribution in [0.1, 0.15) is 36.5 Å². The number of aromatic nitrogens is 6. The lowest BCUT2D eigenvalue weighted by atomic mass is 9.98. The second kappa shape index (κ2) is 16.7. The van der Waals surface area contributed by atoms with E-state index in [2.05, 4.69) is 35.9 Å². The van der Waals surface area contributed by atoms with Crippen molar-refractivity contribution in [1.82, 2.24) is 45.9 Å². The SMILES string of the molecule is COc1nc(-c2cccc(-c3cccc(-c4cnc(CNCC5CCC(=O)N5)c(OC)n4)c3Cl)c2Cl)cnc1CNCCCc1nc2ccccc2[nH]1. The van der Waals surface area contributed by atoms with Gasteiger partial charge in [-0.25, -0.2) is 15.0 Å². The largest absolute Gasteiger partial charge is 0.480 e. The van der Waals surface area contributed by atoms with Gasteiger partial charge in [0.1, 0.15) is 17.2 Å². The highest BCUT2D eigenvalue weighted by Gasteiger charge is 2.22. The Morgan fingerprint density at radius 2 is 1.38 bits per heavy atom. The second-order valence-electron chi connectivity index (χ2n) is 12.7. The normalized spacial score (nSPS) is 14.1. The third-order valence-electron chi connectivity index (χ3n) is 9.12. The van der Waals surface area contributed by atoms with Crippen molar-refractivity contribution in [2.24, 2.45) is 0 Å². The van der Waals surface area contributed by atoms with Gasteiger partial charge in [0.2, 0.25) is 17.7 Å². The molecule has 1 amide bonds. The molecule has 3 aromatic carbocycles. The molecule has 3 aromatic heterocycles. The third kappa shape index (κ3) is 8.26.